The van der Waals surface area contributed by atoms with E-state index in [4.69, 9.17) is 0 Å². The Morgan fingerprint density at radius 1 is 1.31 bits per heavy atom. The van der Waals surface area contributed by atoms with E-state index in [1.54, 1.807) is 18.0 Å². The van der Waals surface area contributed by atoms with Gasteiger partial charge in [-0.15, -0.1) is 11.8 Å². The molecule has 1 spiro atoms. The quantitative estimate of drug-likeness (QED) is 0.642. The second-order valence-electron chi connectivity index (χ2n) is 4.37. The molecule has 1 unspecified atom stereocenters. The molecule has 82 valence electrons. The number of Topliss-reactive ketones (excluding diaryl/α,β-unsaturated/α-hetero) is 2. The number of hydrogen-bond acceptors (Lipinski definition) is 4. The normalized spacial score (nSPS) is 32.8. The zero-order valence-corrected chi connectivity index (χ0v) is 9.55. The summed E-state index contributed by atoms with van der Waals surface area (Å²) in [6.45, 7) is 0. The largest absolute Gasteiger partial charge is 0.299 e. The van der Waals surface area contributed by atoms with Gasteiger partial charge in [0.2, 0.25) is 0 Å². The van der Waals surface area contributed by atoms with Gasteiger partial charge in [-0.05, 0) is 5.41 Å². The number of aliphatic imine (C=N–C) groups is 1. The van der Waals surface area contributed by atoms with Crippen molar-refractivity contribution in [2.75, 3.05) is 5.75 Å². The zero-order valence-electron chi connectivity index (χ0n) is 8.73. The van der Waals surface area contributed by atoms with Gasteiger partial charge in [0, 0.05) is 42.5 Å². The van der Waals surface area contributed by atoms with Gasteiger partial charge in [0.1, 0.15) is 5.78 Å². The van der Waals surface area contributed by atoms with Crippen LogP contribution in [0.2, 0.25) is 0 Å². The predicted octanol–water partition coefficient (Wildman–Crippen LogP) is 1.89. The molecule has 0 saturated carbocycles. The maximum Gasteiger partial charge on any atom is 0.165 e. The van der Waals surface area contributed by atoms with Crippen LogP contribution in [0.3, 0.4) is 0 Å². The summed E-state index contributed by atoms with van der Waals surface area (Å²) in [5, 5.41) is 1.92. The molecule has 0 saturated heterocycles. The van der Waals surface area contributed by atoms with Crippen LogP contribution >= 0.6 is 11.8 Å². The van der Waals surface area contributed by atoms with Crippen LogP contribution in [-0.2, 0) is 9.59 Å². The van der Waals surface area contributed by atoms with Gasteiger partial charge in [0.25, 0.3) is 0 Å². The number of nitrogens with zero attached hydrogens (tertiary/aromatic N) is 1. The molecule has 0 bridgehead atoms. The maximum absolute atomic E-state index is 11.9. The van der Waals surface area contributed by atoms with Crippen LogP contribution in [0.4, 0.5) is 0 Å². The summed E-state index contributed by atoms with van der Waals surface area (Å²) >= 11 is 1.62. The van der Waals surface area contributed by atoms with Crippen LogP contribution in [0, 0.1) is 5.41 Å². The van der Waals surface area contributed by atoms with E-state index < -0.39 is 5.41 Å². The number of rotatable bonds is 0. The highest BCUT2D eigenvalue weighted by molar-refractivity contribution is 8.02. The van der Waals surface area contributed by atoms with Crippen molar-refractivity contribution in [3.8, 4) is 0 Å². The second-order valence-corrected chi connectivity index (χ2v) is 5.23. The Bertz CT molecular complexity index is 475. The van der Waals surface area contributed by atoms with Gasteiger partial charge in [0.05, 0.1) is 5.41 Å². The molecule has 3 rings (SSSR count). The highest BCUT2D eigenvalue weighted by atomic mass is 32.2. The van der Waals surface area contributed by atoms with Gasteiger partial charge in [-0.2, -0.15) is 0 Å². The molecule has 2 heterocycles. The van der Waals surface area contributed by atoms with Gasteiger partial charge in [0.15, 0.2) is 5.78 Å². The summed E-state index contributed by atoms with van der Waals surface area (Å²) in [7, 11) is 0. The van der Waals surface area contributed by atoms with Gasteiger partial charge in [-0.1, -0.05) is 6.08 Å². The summed E-state index contributed by atoms with van der Waals surface area (Å²) in [6, 6.07) is 0. The summed E-state index contributed by atoms with van der Waals surface area (Å²) in [5.41, 5.74) is 1.33. The van der Waals surface area contributed by atoms with Crippen molar-refractivity contribution in [2.45, 2.75) is 19.3 Å². The number of hydrogen-bond donors (Lipinski definition) is 0. The minimum Gasteiger partial charge on any atom is -0.299 e. The molecule has 0 N–H and O–H groups in total. The number of carbonyl (C=O) groups excluding carboxylic acids is 2. The molecule has 1 atom stereocenters. The molecular weight excluding hydrogens is 222 g/mol. The fourth-order valence-electron chi connectivity index (χ4n) is 2.57. The average Bonchev–Trinajstić information content (AvgIpc) is 2.60. The Kier molecular flexibility index (Phi) is 2.14. The van der Waals surface area contributed by atoms with Crippen LogP contribution in [-0.4, -0.2) is 23.5 Å². The first-order valence-corrected chi connectivity index (χ1v) is 6.37. The Balaban J connectivity index is 2.18. The average molecular weight is 233 g/mol. The lowest BCUT2D eigenvalue weighted by Crippen LogP contribution is -2.33. The van der Waals surface area contributed by atoms with E-state index in [2.05, 4.69) is 4.99 Å². The molecule has 0 radical (unpaired) electrons. The molecular formula is C12H11NO2S. The first-order chi connectivity index (χ1) is 7.72. The Morgan fingerprint density at radius 3 is 3.06 bits per heavy atom. The van der Waals surface area contributed by atoms with Gasteiger partial charge >= 0.3 is 0 Å². The topological polar surface area (TPSA) is 46.5 Å². The lowest BCUT2D eigenvalue weighted by molar-refractivity contribution is -0.120. The summed E-state index contributed by atoms with van der Waals surface area (Å²) in [6.07, 6.45) is 4.83. The third kappa shape index (κ3) is 1.26. The standard InChI is InChI=1S/C12H11NO2S/c14-8-1-2-11-12(5-8)7-16-6-9(12)10(15)3-4-13-11/h2,4,6H,1,3,5,7H2. The van der Waals surface area contributed by atoms with Crippen LogP contribution in [0.5, 0.6) is 0 Å². The van der Waals surface area contributed by atoms with Crippen molar-refractivity contribution >= 4 is 29.5 Å². The van der Waals surface area contributed by atoms with Crippen molar-refractivity contribution in [1.82, 2.24) is 0 Å². The molecule has 0 aromatic carbocycles. The highest BCUT2D eigenvalue weighted by Gasteiger charge is 2.47. The molecule has 0 aromatic heterocycles. The molecule has 0 fully saturated rings. The van der Waals surface area contributed by atoms with Crippen LogP contribution in [0.25, 0.3) is 0 Å². The number of allylic oxidation sites excluding steroid dienone is 2. The predicted molar refractivity (Wildman–Crippen MR) is 63.4 cm³/mol. The zero-order chi connectivity index (χ0) is 11.2. The van der Waals surface area contributed by atoms with Crippen molar-refractivity contribution in [3.63, 3.8) is 0 Å². The Morgan fingerprint density at radius 2 is 2.19 bits per heavy atom. The molecule has 1 aliphatic carbocycles. The van der Waals surface area contributed by atoms with Crippen molar-refractivity contribution in [2.24, 2.45) is 10.4 Å². The van der Waals surface area contributed by atoms with Gasteiger partial charge in [-0.25, -0.2) is 0 Å². The fraction of sp³-hybridized carbons (Fsp3) is 0.417. The minimum atomic E-state index is -0.399. The SMILES string of the molecule is O=C1CC=C2N=CCC(=O)C3=CSCC23C1. The smallest absolute Gasteiger partial charge is 0.165 e. The van der Waals surface area contributed by atoms with E-state index in [-0.39, 0.29) is 11.6 Å². The van der Waals surface area contributed by atoms with E-state index in [1.807, 2.05) is 11.5 Å². The molecule has 0 amide bonds. The first kappa shape index (κ1) is 10.0. The van der Waals surface area contributed by atoms with Gasteiger partial charge in [-0.3, -0.25) is 14.6 Å². The lowest BCUT2D eigenvalue weighted by atomic mass is 9.71. The Hall–Kier alpha value is -1.16. The Labute approximate surface area is 97.7 Å². The molecule has 0 aromatic rings. The number of ketones is 2. The van der Waals surface area contributed by atoms with Crippen molar-refractivity contribution in [3.05, 3.63) is 22.8 Å². The first-order valence-electron chi connectivity index (χ1n) is 5.33. The van der Waals surface area contributed by atoms with E-state index >= 15 is 0 Å². The highest BCUT2D eigenvalue weighted by Crippen LogP contribution is 2.51. The molecule has 4 heteroatoms. The van der Waals surface area contributed by atoms with Crippen LogP contribution < -0.4 is 0 Å². The minimum absolute atomic E-state index is 0.117. The second kappa shape index (κ2) is 3.42. The van der Waals surface area contributed by atoms with Crippen LogP contribution in [0.1, 0.15) is 19.3 Å². The van der Waals surface area contributed by atoms with E-state index in [9.17, 15) is 9.59 Å². The number of carbonyl (C=O) groups is 2. The number of thioether (sulfide) groups is 1. The third-order valence-electron chi connectivity index (χ3n) is 3.37. The molecule has 2 aliphatic heterocycles. The molecule has 3 aliphatic rings. The molecule has 3 nitrogen and oxygen atoms in total. The van der Waals surface area contributed by atoms with Crippen LogP contribution in [0.15, 0.2) is 27.7 Å². The van der Waals surface area contributed by atoms with E-state index in [0.29, 0.717) is 19.3 Å². The van der Waals surface area contributed by atoms with Gasteiger partial charge < -0.3 is 0 Å². The fourth-order valence-corrected chi connectivity index (χ4v) is 3.86. The maximum atomic E-state index is 11.9. The summed E-state index contributed by atoms with van der Waals surface area (Å²) in [5.74, 6) is 1.11. The summed E-state index contributed by atoms with van der Waals surface area (Å²) in [4.78, 5) is 27.9. The van der Waals surface area contributed by atoms with Crippen molar-refractivity contribution in [1.29, 1.82) is 0 Å². The monoisotopic (exact) mass is 233 g/mol. The van der Waals surface area contributed by atoms with E-state index in [1.165, 1.54) is 0 Å². The van der Waals surface area contributed by atoms with E-state index in [0.717, 1.165) is 17.0 Å². The third-order valence-corrected chi connectivity index (χ3v) is 4.43. The summed E-state index contributed by atoms with van der Waals surface area (Å²) < 4.78 is 0. The molecule has 16 heavy (non-hydrogen) atoms. The van der Waals surface area contributed by atoms with Crippen molar-refractivity contribution < 1.29 is 9.59 Å². The lowest BCUT2D eigenvalue weighted by Gasteiger charge is -2.32.